The van der Waals surface area contributed by atoms with E-state index in [2.05, 4.69) is 31.4 Å². The summed E-state index contributed by atoms with van der Waals surface area (Å²) in [6.45, 7) is 1.90. The van der Waals surface area contributed by atoms with Gasteiger partial charge in [0.15, 0.2) is 0 Å². The fourth-order valence-corrected chi connectivity index (χ4v) is 3.14. The predicted molar refractivity (Wildman–Crippen MR) is 103 cm³/mol. The quantitative estimate of drug-likeness (QED) is 0.555. The first-order valence-corrected chi connectivity index (χ1v) is 9.45. The molecule has 3 rings (SSSR count). The molecule has 0 aliphatic carbocycles. The Morgan fingerprint density at radius 1 is 1.28 bits per heavy atom. The lowest BCUT2D eigenvalue weighted by molar-refractivity contribution is -0.113. The van der Waals surface area contributed by atoms with Crippen molar-refractivity contribution in [2.24, 2.45) is 0 Å². The molecule has 0 aliphatic rings. The molecule has 1 aromatic heterocycles. The number of aromatic nitrogens is 2. The molecule has 5 nitrogen and oxygen atoms in total. The fourth-order valence-electron chi connectivity index (χ4n) is 2.00. The van der Waals surface area contributed by atoms with Crippen molar-refractivity contribution in [3.63, 3.8) is 0 Å². The zero-order valence-corrected chi connectivity index (χ0v) is 16.3. The summed E-state index contributed by atoms with van der Waals surface area (Å²) < 4.78 is 6.50. The van der Waals surface area contributed by atoms with Crippen LogP contribution in [0.15, 0.2) is 56.6 Å². The molecular weight excluding hydrogens is 426 g/mol. The number of hydrogen-bond donors (Lipinski definition) is 1. The minimum atomic E-state index is -0.174. The Hall–Kier alpha value is -1.83. The number of nitrogens with zero attached hydrogens (tertiary/aromatic N) is 2. The Kier molecular flexibility index (Phi) is 5.78. The Morgan fingerprint density at radius 2 is 2.12 bits per heavy atom. The van der Waals surface area contributed by atoms with E-state index < -0.39 is 0 Å². The Labute approximate surface area is 162 Å². The number of halogens is 2. The number of thioether (sulfide) groups is 1. The molecule has 0 saturated heterocycles. The zero-order chi connectivity index (χ0) is 17.8. The standard InChI is InChI=1S/C17H13BrClN3O2S/c1-10-5-6-13(8-14(10)19)20-15(23)9-25-17-22-21-16(24-17)11-3-2-4-12(18)7-11/h2-8H,9H2,1H3,(H,20,23). The van der Waals surface area contributed by atoms with E-state index in [1.807, 2.05) is 43.3 Å². The van der Waals surface area contributed by atoms with Gasteiger partial charge in [0.05, 0.1) is 5.75 Å². The topological polar surface area (TPSA) is 68.0 Å². The van der Waals surface area contributed by atoms with E-state index in [4.69, 9.17) is 16.0 Å². The summed E-state index contributed by atoms with van der Waals surface area (Å²) in [5.41, 5.74) is 2.43. The summed E-state index contributed by atoms with van der Waals surface area (Å²) in [4.78, 5) is 12.0. The highest BCUT2D eigenvalue weighted by molar-refractivity contribution is 9.10. The van der Waals surface area contributed by atoms with Crippen LogP contribution in [0, 0.1) is 6.92 Å². The third-order valence-electron chi connectivity index (χ3n) is 3.26. The van der Waals surface area contributed by atoms with Gasteiger partial charge in [0.2, 0.25) is 11.8 Å². The van der Waals surface area contributed by atoms with Crippen molar-refractivity contribution in [1.82, 2.24) is 10.2 Å². The molecule has 8 heteroatoms. The minimum absolute atomic E-state index is 0.158. The van der Waals surface area contributed by atoms with Crippen molar-refractivity contribution in [3.05, 3.63) is 57.5 Å². The lowest BCUT2D eigenvalue weighted by Gasteiger charge is -2.05. The summed E-state index contributed by atoms with van der Waals surface area (Å²) in [7, 11) is 0. The van der Waals surface area contributed by atoms with Gasteiger partial charge in [-0.25, -0.2) is 0 Å². The summed E-state index contributed by atoms with van der Waals surface area (Å²) in [5.74, 6) is 0.396. The maximum absolute atomic E-state index is 12.0. The second-order valence-corrected chi connectivity index (χ2v) is 7.43. The fraction of sp³-hybridized carbons (Fsp3) is 0.118. The normalized spacial score (nSPS) is 10.7. The van der Waals surface area contributed by atoms with E-state index in [1.165, 1.54) is 11.8 Å². The van der Waals surface area contributed by atoms with E-state index in [0.717, 1.165) is 15.6 Å². The first-order chi connectivity index (χ1) is 12.0. The molecule has 0 saturated carbocycles. The van der Waals surface area contributed by atoms with Crippen LogP contribution < -0.4 is 5.32 Å². The van der Waals surface area contributed by atoms with Gasteiger partial charge in [-0.2, -0.15) is 0 Å². The van der Waals surface area contributed by atoms with Crippen LogP contribution in [-0.4, -0.2) is 21.9 Å². The van der Waals surface area contributed by atoms with Crippen LogP contribution in [-0.2, 0) is 4.79 Å². The molecule has 0 atom stereocenters. The molecule has 128 valence electrons. The van der Waals surface area contributed by atoms with E-state index in [-0.39, 0.29) is 11.7 Å². The number of amides is 1. The third kappa shape index (κ3) is 4.84. The van der Waals surface area contributed by atoms with Gasteiger partial charge in [-0.3, -0.25) is 4.79 Å². The lowest BCUT2D eigenvalue weighted by Crippen LogP contribution is -2.14. The van der Waals surface area contributed by atoms with Gasteiger partial charge in [0.1, 0.15) is 0 Å². The Morgan fingerprint density at radius 3 is 2.88 bits per heavy atom. The van der Waals surface area contributed by atoms with E-state index in [0.29, 0.717) is 21.8 Å². The van der Waals surface area contributed by atoms with Crippen molar-refractivity contribution in [1.29, 1.82) is 0 Å². The van der Waals surface area contributed by atoms with Crippen LogP contribution in [0.5, 0.6) is 0 Å². The first kappa shape index (κ1) is 18.0. The molecule has 1 heterocycles. The smallest absolute Gasteiger partial charge is 0.277 e. The molecule has 0 bridgehead atoms. The molecular formula is C17H13BrClN3O2S. The number of nitrogens with one attached hydrogen (secondary N) is 1. The second-order valence-electron chi connectivity index (χ2n) is 5.18. The molecule has 0 spiro atoms. The van der Waals surface area contributed by atoms with E-state index >= 15 is 0 Å². The average Bonchev–Trinajstić information content (AvgIpc) is 3.05. The largest absolute Gasteiger partial charge is 0.411 e. The third-order valence-corrected chi connectivity index (χ3v) is 4.98. The van der Waals surface area contributed by atoms with Crippen LogP contribution >= 0.6 is 39.3 Å². The Bertz CT molecular complexity index is 916. The van der Waals surface area contributed by atoms with Crippen LogP contribution in [0.3, 0.4) is 0 Å². The number of rotatable bonds is 5. The van der Waals surface area contributed by atoms with Crippen LogP contribution in [0.1, 0.15) is 5.56 Å². The number of anilines is 1. The highest BCUT2D eigenvalue weighted by Crippen LogP contribution is 2.25. The molecule has 0 aliphatic heterocycles. The van der Waals surface area contributed by atoms with Gasteiger partial charge >= 0.3 is 0 Å². The predicted octanol–water partition coefficient (Wildman–Crippen LogP) is 5.19. The second kappa shape index (κ2) is 8.03. The van der Waals surface area contributed by atoms with Crippen molar-refractivity contribution in [2.75, 3.05) is 11.1 Å². The summed E-state index contributed by atoms with van der Waals surface area (Å²) in [6, 6.07) is 12.9. The Balaban J connectivity index is 1.58. The minimum Gasteiger partial charge on any atom is -0.411 e. The van der Waals surface area contributed by atoms with Crippen molar-refractivity contribution in [2.45, 2.75) is 12.1 Å². The van der Waals surface area contributed by atoms with Crippen molar-refractivity contribution < 1.29 is 9.21 Å². The lowest BCUT2D eigenvalue weighted by atomic mass is 10.2. The summed E-state index contributed by atoms with van der Waals surface area (Å²) in [5, 5.41) is 11.7. The van der Waals surface area contributed by atoms with Gasteiger partial charge in [-0.15, -0.1) is 10.2 Å². The molecule has 3 aromatic rings. The number of aryl methyl sites for hydroxylation is 1. The maximum atomic E-state index is 12.0. The molecule has 1 amide bonds. The molecule has 0 radical (unpaired) electrons. The molecule has 2 aromatic carbocycles. The zero-order valence-electron chi connectivity index (χ0n) is 13.1. The highest BCUT2D eigenvalue weighted by atomic mass is 79.9. The summed E-state index contributed by atoms with van der Waals surface area (Å²) >= 11 is 10.6. The van der Waals surface area contributed by atoms with Crippen LogP contribution in [0.2, 0.25) is 5.02 Å². The van der Waals surface area contributed by atoms with Crippen LogP contribution in [0.25, 0.3) is 11.5 Å². The SMILES string of the molecule is Cc1ccc(NC(=O)CSc2nnc(-c3cccc(Br)c3)o2)cc1Cl. The van der Waals surface area contributed by atoms with Gasteiger partial charge < -0.3 is 9.73 Å². The van der Waals surface area contributed by atoms with Gasteiger partial charge in [-0.1, -0.05) is 51.4 Å². The molecule has 0 fully saturated rings. The van der Waals surface area contributed by atoms with Gasteiger partial charge in [0, 0.05) is 20.7 Å². The average molecular weight is 439 g/mol. The number of hydrogen-bond acceptors (Lipinski definition) is 5. The maximum Gasteiger partial charge on any atom is 0.277 e. The molecule has 25 heavy (non-hydrogen) atoms. The van der Waals surface area contributed by atoms with E-state index in [9.17, 15) is 4.79 Å². The molecule has 1 N–H and O–H groups in total. The highest BCUT2D eigenvalue weighted by Gasteiger charge is 2.12. The summed E-state index contributed by atoms with van der Waals surface area (Å²) in [6.07, 6.45) is 0. The monoisotopic (exact) mass is 437 g/mol. The van der Waals surface area contributed by atoms with Crippen LogP contribution in [0.4, 0.5) is 5.69 Å². The van der Waals surface area contributed by atoms with Crippen molar-refractivity contribution >= 4 is 50.9 Å². The number of carbonyl (C=O) groups is 1. The van der Waals surface area contributed by atoms with E-state index in [1.54, 1.807) is 6.07 Å². The van der Waals surface area contributed by atoms with Gasteiger partial charge in [-0.05, 0) is 42.8 Å². The number of carbonyl (C=O) groups excluding carboxylic acids is 1. The number of benzene rings is 2. The van der Waals surface area contributed by atoms with Gasteiger partial charge in [0.25, 0.3) is 5.22 Å². The first-order valence-electron chi connectivity index (χ1n) is 7.29. The molecule has 0 unspecified atom stereocenters. The van der Waals surface area contributed by atoms with Crippen molar-refractivity contribution in [3.8, 4) is 11.5 Å².